The number of phenols is 1. The number of carbonyl (C=O) groups excluding carboxylic acids is 2. The van der Waals surface area contributed by atoms with Crippen molar-refractivity contribution in [3.63, 3.8) is 0 Å². The third kappa shape index (κ3) is 1.78. The molecule has 0 spiro atoms. The first-order valence-electron chi connectivity index (χ1n) is 6.26. The minimum Gasteiger partial charge on any atom is -0.507 e. The summed E-state index contributed by atoms with van der Waals surface area (Å²) in [5, 5.41) is 11.1. The van der Waals surface area contributed by atoms with Gasteiger partial charge in [-0.25, -0.2) is 0 Å². The Kier molecular flexibility index (Phi) is 2.90. The minimum atomic E-state index is -0.408. The summed E-state index contributed by atoms with van der Waals surface area (Å²) in [5.74, 6) is -0.0742. The molecule has 0 atom stereocenters. The molecule has 0 radical (unpaired) electrons. The lowest BCUT2D eigenvalue weighted by atomic mass is 9.88. The number of benzene rings is 2. The maximum atomic E-state index is 12.2. The van der Waals surface area contributed by atoms with Crippen molar-refractivity contribution in [2.75, 3.05) is 14.2 Å². The van der Waals surface area contributed by atoms with E-state index in [-0.39, 0.29) is 22.7 Å². The average molecular weight is 284 g/mol. The largest absolute Gasteiger partial charge is 0.507 e. The Balaban J connectivity index is 2.56. The van der Waals surface area contributed by atoms with Crippen molar-refractivity contribution in [1.29, 1.82) is 0 Å². The van der Waals surface area contributed by atoms with Crippen molar-refractivity contribution in [2.24, 2.45) is 0 Å². The molecule has 0 bridgehead atoms. The van der Waals surface area contributed by atoms with Crippen molar-refractivity contribution in [2.45, 2.75) is 0 Å². The second-order valence-corrected chi connectivity index (χ2v) is 4.60. The number of fused-ring (bicyclic) bond motifs is 3. The highest BCUT2D eigenvalue weighted by molar-refractivity contribution is 6.29. The van der Waals surface area contributed by atoms with Gasteiger partial charge in [-0.1, -0.05) is 0 Å². The quantitative estimate of drug-likeness (QED) is 0.917. The van der Waals surface area contributed by atoms with Crippen molar-refractivity contribution < 1.29 is 24.2 Å². The molecule has 0 heterocycles. The number of aromatic hydroxyl groups is 1. The number of allylic oxidation sites excluding steroid dienone is 2. The normalized spacial score (nSPS) is 13.4. The number of ether oxygens (including phenoxy) is 2. The highest BCUT2D eigenvalue weighted by Crippen LogP contribution is 2.42. The van der Waals surface area contributed by atoms with Crippen LogP contribution >= 0.6 is 0 Å². The molecule has 0 saturated carbocycles. The first-order valence-corrected chi connectivity index (χ1v) is 6.26. The highest BCUT2D eigenvalue weighted by atomic mass is 16.5. The van der Waals surface area contributed by atoms with Crippen LogP contribution in [0.15, 0.2) is 30.4 Å². The van der Waals surface area contributed by atoms with Crippen molar-refractivity contribution in [3.05, 3.63) is 41.5 Å². The van der Waals surface area contributed by atoms with Crippen LogP contribution in [-0.2, 0) is 0 Å². The standard InChI is InChI=1S/C16H12O5/c1-20-12-5-6-13(21-2)14-8(12)7-11(19)15-9(17)3-4-10(18)16(14)15/h3-7,19H,1-2H3. The molecule has 1 N–H and O–H groups in total. The van der Waals surface area contributed by atoms with Crippen LogP contribution in [0.1, 0.15) is 20.7 Å². The van der Waals surface area contributed by atoms with Gasteiger partial charge >= 0.3 is 0 Å². The van der Waals surface area contributed by atoms with Crippen LogP contribution in [0.4, 0.5) is 0 Å². The molecule has 2 aromatic carbocycles. The van der Waals surface area contributed by atoms with E-state index >= 15 is 0 Å². The Morgan fingerprint density at radius 1 is 0.905 bits per heavy atom. The Morgan fingerprint density at radius 2 is 1.48 bits per heavy atom. The zero-order valence-corrected chi connectivity index (χ0v) is 11.5. The summed E-state index contributed by atoms with van der Waals surface area (Å²) in [6.07, 6.45) is 2.35. The number of carbonyl (C=O) groups is 2. The van der Waals surface area contributed by atoms with E-state index in [9.17, 15) is 14.7 Å². The molecule has 0 fully saturated rings. The summed E-state index contributed by atoms with van der Waals surface area (Å²) in [7, 11) is 2.97. The van der Waals surface area contributed by atoms with Gasteiger partial charge in [0.1, 0.15) is 17.2 Å². The lowest BCUT2D eigenvalue weighted by Gasteiger charge is -2.17. The molecular weight excluding hydrogens is 272 g/mol. The Labute approximate surface area is 120 Å². The Morgan fingerprint density at radius 3 is 2.10 bits per heavy atom. The van der Waals surface area contributed by atoms with Crippen LogP contribution < -0.4 is 9.47 Å². The van der Waals surface area contributed by atoms with Crippen LogP contribution in [0.2, 0.25) is 0 Å². The van der Waals surface area contributed by atoms with E-state index in [0.717, 1.165) is 6.08 Å². The summed E-state index contributed by atoms with van der Waals surface area (Å²) < 4.78 is 10.5. The topological polar surface area (TPSA) is 72.8 Å². The summed E-state index contributed by atoms with van der Waals surface area (Å²) >= 11 is 0. The number of methoxy groups -OCH3 is 2. The number of phenolic OH excluding ortho intramolecular Hbond substituents is 1. The molecule has 5 nitrogen and oxygen atoms in total. The molecule has 0 saturated heterocycles. The van der Waals surface area contributed by atoms with Crippen LogP contribution in [0, 0.1) is 0 Å². The monoisotopic (exact) mass is 284 g/mol. The molecule has 0 unspecified atom stereocenters. The molecular formula is C16H12O5. The third-order valence-corrected chi connectivity index (χ3v) is 3.52. The molecule has 3 rings (SSSR count). The molecule has 0 aromatic heterocycles. The summed E-state index contributed by atoms with van der Waals surface area (Å²) in [4.78, 5) is 24.2. The second-order valence-electron chi connectivity index (χ2n) is 4.60. The van der Waals surface area contributed by atoms with Gasteiger partial charge in [0, 0.05) is 16.3 Å². The predicted molar refractivity (Wildman–Crippen MR) is 76.5 cm³/mol. The SMILES string of the molecule is COc1ccc(OC)c2c3c(c(O)cc12)C(=O)C=CC3=O. The maximum absolute atomic E-state index is 12.2. The summed E-state index contributed by atoms with van der Waals surface area (Å²) in [6, 6.07) is 4.76. The van der Waals surface area contributed by atoms with Crippen molar-refractivity contribution >= 4 is 22.3 Å². The van der Waals surface area contributed by atoms with E-state index in [2.05, 4.69) is 0 Å². The Bertz CT molecular complexity index is 817. The van der Waals surface area contributed by atoms with Crippen LogP contribution in [0.5, 0.6) is 17.2 Å². The van der Waals surface area contributed by atoms with Gasteiger partial charge in [-0.15, -0.1) is 0 Å². The molecule has 0 aliphatic heterocycles. The van der Waals surface area contributed by atoms with E-state index in [4.69, 9.17) is 9.47 Å². The van der Waals surface area contributed by atoms with Gasteiger partial charge in [-0.3, -0.25) is 9.59 Å². The zero-order valence-electron chi connectivity index (χ0n) is 11.5. The van der Waals surface area contributed by atoms with Crippen LogP contribution in [-0.4, -0.2) is 30.9 Å². The highest BCUT2D eigenvalue weighted by Gasteiger charge is 2.28. The zero-order chi connectivity index (χ0) is 15.1. The first kappa shape index (κ1) is 13.2. The molecule has 2 aromatic rings. The average Bonchev–Trinajstić information content (AvgIpc) is 2.49. The van der Waals surface area contributed by atoms with E-state index in [0.29, 0.717) is 22.3 Å². The van der Waals surface area contributed by atoms with E-state index in [1.165, 1.54) is 26.4 Å². The van der Waals surface area contributed by atoms with Crippen LogP contribution in [0.3, 0.4) is 0 Å². The van der Waals surface area contributed by atoms with Gasteiger partial charge in [0.15, 0.2) is 11.6 Å². The van der Waals surface area contributed by atoms with E-state index in [1.54, 1.807) is 12.1 Å². The summed E-state index contributed by atoms with van der Waals surface area (Å²) in [6.45, 7) is 0. The molecule has 5 heteroatoms. The maximum Gasteiger partial charge on any atom is 0.190 e. The number of rotatable bonds is 2. The predicted octanol–water partition coefficient (Wildman–Crippen LogP) is 2.50. The van der Waals surface area contributed by atoms with Crippen LogP contribution in [0.25, 0.3) is 10.8 Å². The molecule has 0 amide bonds. The number of ketones is 2. The smallest absolute Gasteiger partial charge is 0.190 e. The third-order valence-electron chi connectivity index (χ3n) is 3.52. The van der Waals surface area contributed by atoms with Gasteiger partial charge in [0.2, 0.25) is 0 Å². The fourth-order valence-corrected chi connectivity index (χ4v) is 2.61. The fourth-order valence-electron chi connectivity index (χ4n) is 2.61. The molecule has 21 heavy (non-hydrogen) atoms. The lowest BCUT2D eigenvalue weighted by Crippen LogP contribution is -2.13. The number of hydrogen-bond donors (Lipinski definition) is 1. The molecule has 1 aliphatic rings. The minimum absolute atomic E-state index is 0.00144. The van der Waals surface area contributed by atoms with Gasteiger partial charge in [-0.2, -0.15) is 0 Å². The second kappa shape index (κ2) is 4.63. The molecule has 1 aliphatic carbocycles. The fraction of sp³-hybridized carbons (Fsp3) is 0.125. The first-order chi connectivity index (χ1) is 10.1. The van der Waals surface area contributed by atoms with Gasteiger partial charge in [-0.05, 0) is 30.4 Å². The van der Waals surface area contributed by atoms with Crippen molar-refractivity contribution in [3.8, 4) is 17.2 Å². The van der Waals surface area contributed by atoms with E-state index < -0.39 is 5.78 Å². The molecule has 106 valence electrons. The number of hydrogen-bond acceptors (Lipinski definition) is 5. The van der Waals surface area contributed by atoms with E-state index in [1.807, 2.05) is 0 Å². The van der Waals surface area contributed by atoms with Gasteiger partial charge in [0.25, 0.3) is 0 Å². The Hall–Kier alpha value is -2.82. The van der Waals surface area contributed by atoms with Gasteiger partial charge < -0.3 is 14.6 Å². The van der Waals surface area contributed by atoms with Crippen molar-refractivity contribution in [1.82, 2.24) is 0 Å². The lowest BCUT2D eigenvalue weighted by molar-refractivity contribution is 0.0993. The van der Waals surface area contributed by atoms with Gasteiger partial charge in [0.05, 0.1) is 19.8 Å². The summed E-state index contributed by atoms with van der Waals surface area (Å²) in [5.41, 5.74) is 0.148.